The van der Waals surface area contributed by atoms with Gasteiger partial charge in [0.05, 0.1) is 23.5 Å². The number of aliphatic hydroxyl groups is 1. The summed E-state index contributed by atoms with van der Waals surface area (Å²) >= 11 is 0. The number of hydrogen-bond acceptors (Lipinski definition) is 4. The molecule has 2 atom stereocenters. The summed E-state index contributed by atoms with van der Waals surface area (Å²) in [5.74, 6) is -0.794. The van der Waals surface area contributed by atoms with E-state index < -0.39 is 17.4 Å². The highest BCUT2D eigenvalue weighted by Gasteiger charge is 2.19. The van der Waals surface area contributed by atoms with E-state index in [1.165, 1.54) is 0 Å². The van der Waals surface area contributed by atoms with Crippen molar-refractivity contribution in [3.05, 3.63) is 35.4 Å². The van der Waals surface area contributed by atoms with Crippen LogP contribution in [0, 0.1) is 22.7 Å². The number of carbonyl (C=O) groups excluding carboxylic acids is 2. The monoisotopic (exact) mass is 359 g/mol. The standard InChI is InChI=1S/C20H29N3O3/c1-14(15(2)24)19(26)23-12-17-8-6-5-7-16(17)11-22-18(25)9-10-20(3,4)13-21/h5-8,14-15,24H,9-12H2,1-4H3,(H,22,25)(H,23,26). The average molecular weight is 359 g/mol. The van der Waals surface area contributed by atoms with E-state index >= 15 is 0 Å². The summed E-state index contributed by atoms with van der Waals surface area (Å²) in [7, 11) is 0. The Kier molecular flexibility index (Phi) is 8.27. The lowest BCUT2D eigenvalue weighted by molar-refractivity contribution is -0.127. The second-order valence-corrected chi connectivity index (χ2v) is 7.29. The zero-order chi connectivity index (χ0) is 19.7. The van der Waals surface area contributed by atoms with Crippen LogP contribution in [-0.4, -0.2) is 23.0 Å². The molecule has 0 aliphatic rings. The summed E-state index contributed by atoms with van der Waals surface area (Å²) in [6, 6.07) is 9.74. The third kappa shape index (κ3) is 7.24. The van der Waals surface area contributed by atoms with Crippen LogP contribution in [0.3, 0.4) is 0 Å². The maximum atomic E-state index is 12.0. The quantitative estimate of drug-likeness (QED) is 0.629. The van der Waals surface area contributed by atoms with Gasteiger partial charge in [0.1, 0.15) is 0 Å². The molecule has 0 saturated carbocycles. The largest absolute Gasteiger partial charge is 0.393 e. The van der Waals surface area contributed by atoms with Crippen molar-refractivity contribution < 1.29 is 14.7 Å². The van der Waals surface area contributed by atoms with Gasteiger partial charge in [0, 0.05) is 19.5 Å². The van der Waals surface area contributed by atoms with Crippen LogP contribution >= 0.6 is 0 Å². The van der Waals surface area contributed by atoms with E-state index in [2.05, 4.69) is 16.7 Å². The molecule has 0 bridgehead atoms. The van der Waals surface area contributed by atoms with Gasteiger partial charge in [0.25, 0.3) is 0 Å². The van der Waals surface area contributed by atoms with Gasteiger partial charge in [-0.1, -0.05) is 31.2 Å². The minimum absolute atomic E-state index is 0.102. The number of hydrogen-bond donors (Lipinski definition) is 3. The number of nitriles is 1. The van der Waals surface area contributed by atoms with E-state index in [9.17, 15) is 14.7 Å². The van der Waals surface area contributed by atoms with Crippen LogP contribution in [0.15, 0.2) is 24.3 Å². The van der Waals surface area contributed by atoms with Crippen molar-refractivity contribution in [2.75, 3.05) is 0 Å². The molecule has 2 unspecified atom stereocenters. The maximum Gasteiger partial charge on any atom is 0.225 e. The van der Waals surface area contributed by atoms with Gasteiger partial charge in [0.15, 0.2) is 0 Å². The summed E-state index contributed by atoms with van der Waals surface area (Å²) < 4.78 is 0. The number of aliphatic hydroxyl groups excluding tert-OH is 1. The van der Waals surface area contributed by atoms with Gasteiger partial charge < -0.3 is 15.7 Å². The molecule has 0 saturated heterocycles. The minimum atomic E-state index is -0.706. The topological polar surface area (TPSA) is 102 Å². The van der Waals surface area contributed by atoms with Crippen molar-refractivity contribution in [3.8, 4) is 6.07 Å². The maximum absolute atomic E-state index is 12.0. The molecule has 0 aromatic heterocycles. The van der Waals surface area contributed by atoms with Crippen LogP contribution in [0.5, 0.6) is 0 Å². The second-order valence-electron chi connectivity index (χ2n) is 7.29. The van der Waals surface area contributed by atoms with E-state index in [1.54, 1.807) is 13.8 Å². The van der Waals surface area contributed by atoms with Crippen LogP contribution in [0.25, 0.3) is 0 Å². The fraction of sp³-hybridized carbons (Fsp3) is 0.550. The Hall–Kier alpha value is -2.39. The Morgan fingerprint density at radius 2 is 1.69 bits per heavy atom. The second kappa shape index (κ2) is 9.93. The third-order valence-electron chi connectivity index (χ3n) is 4.46. The molecule has 0 radical (unpaired) electrons. The zero-order valence-electron chi connectivity index (χ0n) is 16.0. The summed E-state index contributed by atoms with van der Waals surface area (Å²) in [4.78, 5) is 24.0. The molecule has 6 heteroatoms. The van der Waals surface area contributed by atoms with E-state index in [0.29, 0.717) is 25.9 Å². The molecule has 0 aliphatic carbocycles. The lowest BCUT2D eigenvalue weighted by Gasteiger charge is -2.17. The van der Waals surface area contributed by atoms with Gasteiger partial charge in [-0.2, -0.15) is 5.26 Å². The number of carbonyl (C=O) groups is 2. The SMILES string of the molecule is CC(O)C(C)C(=O)NCc1ccccc1CNC(=O)CCC(C)(C)C#N. The van der Waals surface area contributed by atoms with Crippen LogP contribution in [0.1, 0.15) is 51.7 Å². The van der Waals surface area contributed by atoms with Crippen molar-refractivity contribution in [2.24, 2.45) is 11.3 Å². The molecular weight excluding hydrogens is 330 g/mol. The highest BCUT2D eigenvalue weighted by atomic mass is 16.3. The fourth-order valence-electron chi connectivity index (χ4n) is 2.23. The molecule has 0 fully saturated rings. The Morgan fingerprint density at radius 1 is 1.15 bits per heavy atom. The molecule has 26 heavy (non-hydrogen) atoms. The minimum Gasteiger partial charge on any atom is -0.393 e. The van der Waals surface area contributed by atoms with E-state index in [0.717, 1.165) is 11.1 Å². The Labute approximate surface area is 155 Å². The molecule has 0 spiro atoms. The lowest BCUT2D eigenvalue weighted by Crippen LogP contribution is -2.34. The van der Waals surface area contributed by atoms with Crippen LogP contribution in [-0.2, 0) is 22.7 Å². The molecule has 142 valence electrons. The van der Waals surface area contributed by atoms with E-state index in [4.69, 9.17) is 5.26 Å². The van der Waals surface area contributed by atoms with E-state index in [1.807, 2.05) is 38.1 Å². The van der Waals surface area contributed by atoms with Crippen LogP contribution in [0.4, 0.5) is 0 Å². The molecule has 1 rings (SSSR count). The molecule has 0 aliphatic heterocycles. The number of amides is 2. The molecule has 1 aromatic rings. The van der Waals surface area contributed by atoms with Crippen molar-refractivity contribution >= 4 is 11.8 Å². The lowest BCUT2D eigenvalue weighted by atomic mass is 9.90. The Balaban J connectivity index is 2.57. The van der Waals surface area contributed by atoms with Gasteiger partial charge in [-0.25, -0.2) is 0 Å². The van der Waals surface area contributed by atoms with Gasteiger partial charge in [-0.3, -0.25) is 9.59 Å². The van der Waals surface area contributed by atoms with Gasteiger partial charge in [-0.05, 0) is 38.3 Å². The predicted molar refractivity (Wildman–Crippen MR) is 99.6 cm³/mol. The molecule has 0 heterocycles. The van der Waals surface area contributed by atoms with Crippen molar-refractivity contribution in [3.63, 3.8) is 0 Å². The number of rotatable bonds is 9. The first-order chi connectivity index (χ1) is 12.2. The number of nitrogens with zero attached hydrogens (tertiary/aromatic N) is 1. The smallest absolute Gasteiger partial charge is 0.225 e. The van der Waals surface area contributed by atoms with Gasteiger partial charge in [-0.15, -0.1) is 0 Å². The molecule has 1 aromatic carbocycles. The average Bonchev–Trinajstić information content (AvgIpc) is 2.62. The highest BCUT2D eigenvalue weighted by molar-refractivity contribution is 5.78. The van der Waals surface area contributed by atoms with Gasteiger partial charge >= 0.3 is 0 Å². The zero-order valence-corrected chi connectivity index (χ0v) is 16.0. The first kappa shape index (κ1) is 21.7. The first-order valence-electron chi connectivity index (χ1n) is 8.87. The molecule has 3 N–H and O–H groups in total. The Morgan fingerprint density at radius 3 is 2.19 bits per heavy atom. The summed E-state index contributed by atoms with van der Waals surface area (Å²) in [5.41, 5.74) is 1.32. The predicted octanol–water partition coefficient (Wildman–Crippen LogP) is 2.27. The van der Waals surface area contributed by atoms with Crippen molar-refractivity contribution in [2.45, 2.75) is 59.7 Å². The highest BCUT2D eigenvalue weighted by Crippen LogP contribution is 2.20. The molecular formula is C20H29N3O3. The van der Waals surface area contributed by atoms with Crippen molar-refractivity contribution in [1.29, 1.82) is 5.26 Å². The normalized spacial score (nSPS) is 13.4. The summed E-state index contributed by atoms with van der Waals surface area (Å²) in [6.07, 6.45) is 0.0949. The Bertz CT molecular complexity index is 663. The van der Waals surface area contributed by atoms with Gasteiger partial charge in [0.2, 0.25) is 11.8 Å². The first-order valence-corrected chi connectivity index (χ1v) is 8.87. The van der Waals surface area contributed by atoms with E-state index in [-0.39, 0.29) is 11.8 Å². The van der Waals surface area contributed by atoms with Crippen LogP contribution in [0.2, 0.25) is 0 Å². The molecule has 2 amide bonds. The summed E-state index contributed by atoms with van der Waals surface area (Å²) in [5, 5.41) is 24.2. The third-order valence-corrected chi connectivity index (χ3v) is 4.46. The van der Waals surface area contributed by atoms with Crippen LogP contribution < -0.4 is 10.6 Å². The fourth-order valence-corrected chi connectivity index (χ4v) is 2.23. The number of benzene rings is 1. The molecule has 6 nitrogen and oxygen atoms in total. The number of nitrogens with one attached hydrogen (secondary N) is 2. The van der Waals surface area contributed by atoms with Crippen molar-refractivity contribution in [1.82, 2.24) is 10.6 Å². The summed E-state index contributed by atoms with van der Waals surface area (Å²) in [6.45, 7) is 7.59.